The third-order valence-corrected chi connectivity index (χ3v) is 5.32. The van der Waals surface area contributed by atoms with E-state index in [0.29, 0.717) is 25.9 Å². The lowest BCUT2D eigenvalue weighted by Crippen LogP contribution is -2.53. The fraction of sp³-hybridized carbons (Fsp3) is 0.526. The number of carboxylic acid groups (broad SMARTS) is 1. The van der Waals surface area contributed by atoms with Gasteiger partial charge in [-0.2, -0.15) is 0 Å². The van der Waals surface area contributed by atoms with Crippen molar-refractivity contribution in [2.24, 2.45) is 5.73 Å². The first-order valence-corrected chi connectivity index (χ1v) is 9.41. The van der Waals surface area contributed by atoms with Gasteiger partial charge in [0.2, 0.25) is 5.91 Å². The number of carbonyl (C=O) groups excluding carboxylic acids is 1. The minimum atomic E-state index is -0.990. The van der Waals surface area contributed by atoms with Gasteiger partial charge in [0.15, 0.2) is 0 Å². The standard InChI is InChI=1S/C19H27N5O4/c1-22(18(27)14(20)5-6-17(25)26)13-19(28)7-10-23(11-8-19)16-4-2-3-15-21-9-12-24(15)16/h2-4,9,12,14,28H,5-8,10-11,13,20H2,1H3,(H,25,26)/t14-/m0/s1. The van der Waals surface area contributed by atoms with Crippen molar-refractivity contribution in [2.75, 3.05) is 31.6 Å². The van der Waals surface area contributed by atoms with Gasteiger partial charge in [-0.25, -0.2) is 4.98 Å². The molecule has 0 unspecified atom stereocenters. The second kappa shape index (κ2) is 8.15. The van der Waals surface area contributed by atoms with Gasteiger partial charge in [0.05, 0.1) is 11.6 Å². The number of hydrogen-bond donors (Lipinski definition) is 3. The van der Waals surface area contributed by atoms with E-state index in [4.69, 9.17) is 10.8 Å². The van der Waals surface area contributed by atoms with Crippen LogP contribution in [0.2, 0.25) is 0 Å². The third-order valence-electron chi connectivity index (χ3n) is 5.32. The van der Waals surface area contributed by atoms with Crippen LogP contribution in [0.1, 0.15) is 25.7 Å². The van der Waals surface area contributed by atoms with Crippen molar-refractivity contribution >= 4 is 23.3 Å². The summed E-state index contributed by atoms with van der Waals surface area (Å²) < 4.78 is 2.02. The Morgan fingerprint density at radius 1 is 1.36 bits per heavy atom. The fourth-order valence-electron chi connectivity index (χ4n) is 3.71. The summed E-state index contributed by atoms with van der Waals surface area (Å²) in [5.74, 6) is -0.303. The summed E-state index contributed by atoms with van der Waals surface area (Å²) in [6.07, 6.45) is 4.63. The van der Waals surface area contributed by atoms with Crippen LogP contribution in [-0.4, -0.2) is 74.7 Å². The molecule has 1 saturated heterocycles. The number of pyridine rings is 1. The monoisotopic (exact) mass is 389 g/mol. The number of nitrogens with two attached hydrogens (primary N) is 1. The number of piperidine rings is 1. The summed E-state index contributed by atoms with van der Waals surface area (Å²) in [4.78, 5) is 30.9. The van der Waals surface area contributed by atoms with Gasteiger partial charge in [-0.3, -0.25) is 14.0 Å². The maximum Gasteiger partial charge on any atom is 0.303 e. The predicted molar refractivity (Wildman–Crippen MR) is 104 cm³/mol. The highest BCUT2D eigenvalue weighted by Gasteiger charge is 2.35. The van der Waals surface area contributed by atoms with E-state index in [1.807, 2.05) is 28.8 Å². The number of hydrogen-bond acceptors (Lipinski definition) is 6. The highest BCUT2D eigenvalue weighted by atomic mass is 16.4. The molecule has 0 aliphatic carbocycles. The number of aliphatic carboxylic acids is 1. The number of rotatable bonds is 7. The maximum absolute atomic E-state index is 12.4. The normalized spacial score (nSPS) is 17.5. The van der Waals surface area contributed by atoms with Crippen molar-refractivity contribution in [3.63, 3.8) is 0 Å². The second-order valence-corrected chi connectivity index (χ2v) is 7.48. The average molecular weight is 389 g/mol. The zero-order valence-corrected chi connectivity index (χ0v) is 16.0. The van der Waals surface area contributed by atoms with Crippen LogP contribution in [0.5, 0.6) is 0 Å². The highest BCUT2D eigenvalue weighted by molar-refractivity contribution is 5.82. The van der Waals surface area contributed by atoms with Crippen molar-refractivity contribution in [1.82, 2.24) is 14.3 Å². The molecule has 1 atom stereocenters. The van der Waals surface area contributed by atoms with E-state index in [9.17, 15) is 14.7 Å². The van der Waals surface area contributed by atoms with Crippen molar-refractivity contribution in [1.29, 1.82) is 0 Å². The summed E-state index contributed by atoms with van der Waals surface area (Å²) in [5, 5.41) is 19.7. The number of anilines is 1. The summed E-state index contributed by atoms with van der Waals surface area (Å²) in [7, 11) is 1.60. The van der Waals surface area contributed by atoms with Crippen molar-refractivity contribution < 1.29 is 19.8 Å². The maximum atomic E-state index is 12.4. The molecule has 2 aromatic rings. The predicted octanol–water partition coefficient (Wildman–Crippen LogP) is 0.316. The Labute approximate surface area is 163 Å². The minimum absolute atomic E-state index is 0.0830. The summed E-state index contributed by atoms with van der Waals surface area (Å²) in [6.45, 7) is 1.48. The molecule has 1 aliphatic heterocycles. The molecule has 2 aromatic heterocycles. The lowest BCUT2D eigenvalue weighted by molar-refractivity contribution is -0.138. The van der Waals surface area contributed by atoms with Gasteiger partial charge in [-0.15, -0.1) is 0 Å². The van der Waals surface area contributed by atoms with Crippen LogP contribution >= 0.6 is 0 Å². The number of nitrogens with zero attached hydrogens (tertiary/aromatic N) is 4. The van der Waals surface area contributed by atoms with Crippen LogP contribution in [-0.2, 0) is 9.59 Å². The number of aromatic nitrogens is 2. The van der Waals surface area contributed by atoms with Gasteiger partial charge < -0.3 is 25.7 Å². The molecule has 1 amide bonds. The first kappa shape index (κ1) is 20.1. The molecule has 4 N–H and O–H groups in total. The summed E-state index contributed by atoms with van der Waals surface area (Å²) in [5.41, 5.74) is 5.69. The van der Waals surface area contributed by atoms with Crippen molar-refractivity contribution in [3.05, 3.63) is 30.6 Å². The van der Waals surface area contributed by atoms with Crippen LogP contribution < -0.4 is 10.6 Å². The molecule has 3 rings (SSSR count). The van der Waals surface area contributed by atoms with E-state index in [-0.39, 0.29) is 25.3 Å². The van der Waals surface area contributed by atoms with E-state index >= 15 is 0 Å². The second-order valence-electron chi connectivity index (χ2n) is 7.48. The zero-order chi connectivity index (χ0) is 20.3. The number of carboxylic acids is 1. The molecule has 152 valence electrons. The van der Waals surface area contributed by atoms with Gasteiger partial charge in [-0.1, -0.05) is 6.07 Å². The van der Waals surface area contributed by atoms with E-state index < -0.39 is 17.6 Å². The molecule has 0 saturated carbocycles. The van der Waals surface area contributed by atoms with E-state index in [1.54, 1.807) is 13.2 Å². The SMILES string of the molecule is CN(CC1(O)CCN(c2cccc3nccn23)CC1)C(=O)[C@@H](N)CCC(=O)O. The molecule has 0 bridgehead atoms. The first-order chi connectivity index (χ1) is 13.3. The van der Waals surface area contributed by atoms with E-state index in [1.165, 1.54) is 4.90 Å². The number of fused-ring (bicyclic) bond motifs is 1. The molecule has 0 spiro atoms. The fourth-order valence-corrected chi connectivity index (χ4v) is 3.71. The highest BCUT2D eigenvalue weighted by Crippen LogP contribution is 2.27. The van der Waals surface area contributed by atoms with Crippen molar-refractivity contribution in [3.8, 4) is 0 Å². The average Bonchev–Trinajstić information content (AvgIpc) is 3.14. The van der Waals surface area contributed by atoms with Crippen molar-refractivity contribution in [2.45, 2.75) is 37.3 Å². The van der Waals surface area contributed by atoms with Gasteiger partial charge in [-0.05, 0) is 31.4 Å². The Hall–Kier alpha value is -2.65. The quantitative estimate of drug-likeness (QED) is 0.623. The lowest BCUT2D eigenvalue weighted by Gasteiger charge is -2.41. The van der Waals surface area contributed by atoms with Gasteiger partial charge in [0.25, 0.3) is 0 Å². The summed E-state index contributed by atoms with van der Waals surface area (Å²) >= 11 is 0. The lowest BCUT2D eigenvalue weighted by atomic mass is 9.90. The van der Waals surface area contributed by atoms with Crippen LogP contribution in [0, 0.1) is 0 Å². The Morgan fingerprint density at radius 2 is 2.07 bits per heavy atom. The Morgan fingerprint density at radius 3 is 2.75 bits per heavy atom. The van der Waals surface area contributed by atoms with Gasteiger partial charge in [0.1, 0.15) is 11.5 Å². The number of carbonyl (C=O) groups is 2. The van der Waals surface area contributed by atoms with Crippen LogP contribution in [0.3, 0.4) is 0 Å². The largest absolute Gasteiger partial charge is 0.481 e. The number of imidazole rings is 1. The molecule has 28 heavy (non-hydrogen) atoms. The van der Waals surface area contributed by atoms with E-state index in [0.717, 1.165) is 11.5 Å². The molecular weight excluding hydrogens is 362 g/mol. The molecule has 9 heteroatoms. The molecule has 0 radical (unpaired) electrons. The molecule has 1 fully saturated rings. The zero-order valence-electron chi connectivity index (χ0n) is 16.0. The Balaban J connectivity index is 1.57. The summed E-state index contributed by atoms with van der Waals surface area (Å²) in [6, 6.07) is 5.06. The molecular formula is C19H27N5O4. The Bertz CT molecular complexity index is 844. The molecule has 3 heterocycles. The molecule has 9 nitrogen and oxygen atoms in total. The van der Waals surface area contributed by atoms with Crippen LogP contribution in [0.4, 0.5) is 5.82 Å². The molecule has 1 aliphatic rings. The van der Waals surface area contributed by atoms with Gasteiger partial charge >= 0.3 is 5.97 Å². The number of likely N-dealkylation sites (N-methyl/N-ethyl adjacent to an activating group) is 1. The molecule has 0 aromatic carbocycles. The number of aliphatic hydroxyl groups is 1. The Kier molecular flexibility index (Phi) is 5.85. The van der Waals surface area contributed by atoms with Crippen LogP contribution in [0.15, 0.2) is 30.6 Å². The topological polar surface area (TPSA) is 124 Å². The van der Waals surface area contributed by atoms with Crippen LogP contribution in [0.25, 0.3) is 5.65 Å². The van der Waals surface area contributed by atoms with Gasteiger partial charge in [0, 0.05) is 45.5 Å². The van der Waals surface area contributed by atoms with E-state index in [2.05, 4.69) is 9.88 Å². The number of amides is 1. The minimum Gasteiger partial charge on any atom is -0.481 e. The third kappa shape index (κ3) is 4.42. The first-order valence-electron chi connectivity index (χ1n) is 9.41. The smallest absolute Gasteiger partial charge is 0.303 e.